The van der Waals surface area contributed by atoms with Crippen LogP contribution in [0, 0.1) is 0 Å². The maximum atomic E-state index is 11.5. The molecule has 0 N–H and O–H groups in total. The Morgan fingerprint density at radius 1 is 1.25 bits per heavy atom. The second-order valence-corrected chi connectivity index (χ2v) is 2.86. The average molecular weight is 159 g/mol. The van der Waals surface area contributed by atoms with Gasteiger partial charge in [-0.05, 0) is 6.07 Å². The SMILES string of the molecule is C=C1c2ccccc2C(=O)N1C. The zero-order chi connectivity index (χ0) is 8.72. The molecule has 0 fully saturated rings. The summed E-state index contributed by atoms with van der Waals surface area (Å²) in [5.74, 6) is 0.0376. The van der Waals surface area contributed by atoms with E-state index >= 15 is 0 Å². The van der Waals surface area contributed by atoms with Crippen LogP contribution in [-0.2, 0) is 0 Å². The van der Waals surface area contributed by atoms with Crippen molar-refractivity contribution in [3.8, 4) is 0 Å². The minimum Gasteiger partial charge on any atom is -0.311 e. The second kappa shape index (κ2) is 2.21. The van der Waals surface area contributed by atoms with E-state index in [2.05, 4.69) is 6.58 Å². The molecule has 2 heteroatoms. The summed E-state index contributed by atoms with van der Waals surface area (Å²) in [5.41, 5.74) is 2.49. The van der Waals surface area contributed by atoms with E-state index in [1.54, 1.807) is 11.9 Å². The van der Waals surface area contributed by atoms with Crippen LogP contribution in [0.1, 0.15) is 15.9 Å². The first-order chi connectivity index (χ1) is 5.72. The normalized spacial score (nSPS) is 15.2. The summed E-state index contributed by atoms with van der Waals surface area (Å²) in [4.78, 5) is 13.0. The van der Waals surface area contributed by atoms with Crippen LogP contribution in [0.5, 0.6) is 0 Å². The van der Waals surface area contributed by atoms with Gasteiger partial charge in [-0.3, -0.25) is 4.79 Å². The molecular weight excluding hydrogens is 150 g/mol. The lowest BCUT2D eigenvalue weighted by Crippen LogP contribution is -2.16. The van der Waals surface area contributed by atoms with Gasteiger partial charge in [0.2, 0.25) is 0 Å². The van der Waals surface area contributed by atoms with Crippen molar-refractivity contribution < 1.29 is 4.79 Å². The fraction of sp³-hybridized carbons (Fsp3) is 0.100. The highest BCUT2D eigenvalue weighted by Crippen LogP contribution is 2.28. The molecule has 0 spiro atoms. The maximum absolute atomic E-state index is 11.5. The van der Waals surface area contributed by atoms with Crippen molar-refractivity contribution in [2.75, 3.05) is 7.05 Å². The first-order valence-electron chi connectivity index (χ1n) is 3.78. The Hall–Kier alpha value is -1.57. The van der Waals surface area contributed by atoms with Crippen LogP contribution in [0.4, 0.5) is 0 Å². The molecule has 0 atom stereocenters. The fourth-order valence-corrected chi connectivity index (χ4v) is 1.41. The third kappa shape index (κ3) is 0.720. The van der Waals surface area contributed by atoms with Gasteiger partial charge >= 0.3 is 0 Å². The standard InChI is InChI=1S/C10H9NO/c1-7-8-5-3-4-6-9(8)10(12)11(7)2/h3-6H,1H2,2H3. The van der Waals surface area contributed by atoms with Crippen LogP contribution >= 0.6 is 0 Å². The lowest BCUT2D eigenvalue weighted by atomic mass is 10.1. The number of nitrogens with zero attached hydrogens (tertiary/aromatic N) is 1. The number of rotatable bonds is 0. The number of hydrogen-bond acceptors (Lipinski definition) is 1. The van der Waals surface area contributed by atoms with Gasteiger partial charge in [0, 0.05) is 23.9 Å². The van der Waals surface area contributed by atoms with Gasteiger partial charge in [-0.15, -0.1) is 0 Å². The molecule has 0 bridgehead atoms. The first kappa shape index (κ1) is 7.10. The molecule has 0 unspecified atom stereocenters. The molecule has 1 aromatic carbocycles. The predicted octanol–water partition coefficient (Wildman–Crippen LogP) is 1.74. The van der Waals surface area contributed by atoms with E-state index in [0.29, 0.717) is 0 Å². The number of benzene rings is 1. The highest BCUT2D eigenvalue weighted by molar-refractivity contribution is 6.08. The van der Waals surface area contributed by atoms with Crippen molar-refractivity contribution in [1.82, 2.24) is 4.90 Å². The summed E-state index contributed by atoms with van der Waals surface area (Å²) in [5, 5.41) is 0. The Morgan fingerprint density at radius 3 is 2.42 bits per heavy atom. The third-order valence-electron chi connectivity index (χ3n) is 2.18. The van der Waals surface area contributed by atoms with Crippen molar-refractivity contribution in [1.29, 1.82) is 0 Å². The van der Waals surface area contributed by atoms with Crippen molar-refractivity contribution in [2.45, 2.75) is 0 Å². The van der Waals surface area contributed by atoms with Crippen molar-refractivity contribution in [3.05, 3.63) is 42.0 Å². The first-order valence-corrected chi connectivity index (χ1v) is 3.78. The van der Waals surface area contributed by atoms with Crippen molar-refractivity contribution in [2.24, 2.45) is 0 Å². The smallest absolute Gasteiger partial charge is 0.258 e. The second-order valence-electron chi connectivity index (χ2n) is 2.86. The molecule has 0 saturated carbocycles. The van der Waals surface area contributed by atoms with E-state index in [4.69, 9.17) is 0 Å². The number of carbonyl (C=O) groups excluding carboxylic acids is 1. The van der Waals surface area contributed by atoms with Gasteiger partial charge in [0.25, 0.3) is 5.91 Å². The van der Waals surface area contributed by atoms with Gasteiger partial charge in [-0.1, -0.05) is 24.8 Å². The van der Waals surface area contributed by atoms with E-state index in [-0.39, 0.29) is 5.91 Å². The van der Waals surface area contributed by atoms with Gasteiger partial charge in [0.05, 0.1) is 0 Å². The molecule has 0 aliphatic carbocycles. The molecule has 0 aromatic heterocycles. The maximum Gasteiger partial charge on any atom is 0.258 e. The lowest BCUT2D eigenvalue weighted by Gasteiger charge is -2.07. The Labute approximate surface area is 71.1 Å². The molecule has 2 rings (SSSR count). The van der Waals surface area contributed by atoms with Gasteiger partial charge in [0.15, 0.2) is 0 Å². The van der Waals surface area contributed by atoms with Crippen LogP contribution in [0.25, 0.3) is 5.70 Å². The minimum atomic E-state index is 0.0376. The van der Waals surface area contributed by atoms with Crippen LogP contribution in [0.15, 0.2) is 30.8 Å². The monoisotopic (exact) mass is 159 g/mol. The quantitative estimate of drug-likeness (QED) is 0.564. The summed E-state index contributed by atoms with van der Waals surface area (Å²) in [7, 11) is 1.74. The number of hydrogen-bond donors (Lipinski definition) is 0. The largest absolute Gasteiger partial charge is 0.311 e. The Balaban J connectivity index is 2.67. The van der Waals surface area contributed by atoms with Crippen molar-refractivity contribution in [3.63, 3.8) is 0 Å². The Morgan fingerprint density at radius 2 is 1.83 bits per heavy atom. The summed E-state index contributed by atoms with van der Waals surface area (Å²) < 4.78 is 0. The fourth-order valence-electron chi connectivity index (χ4n) is 1.41. The van der Waals surface area contributed by atoms with Gasteiger partial charge in [-0.25, -0.2) is 0 Å². The number of amides is 1. The zero-order valence-corrected chi connectivity index (χ0v) is 6.87. The van der Waals surface area contributed by atoms with Crippen LogP contribution in [0.3, 0.4) is 0 Å². The van der Waals surface area contributed by atoms with Crippen molar-refractivity contribution >= 4 is 11.6 Å². The van der Waals surface area contributed by atoms with E-state index in [1.807, 2.05) is 24.3 Å². The van der Waals surface area contributed by atoms with Gasteiger partial charge in [-0.2, -0.15) is 0 Å². The average Bonchev–Trinajstić information content (AvgIpc) is 2.33. The molecule has 0 radical (unpaired) electrons. The Bertz CT molecular complexity index is 333. The van der Waals surface area contributed by atoms with E-state index in [0.717, 1.165) is 16.8 Å². The predicted molar refractivity (Wildman–Crippen MR) is 47.6 cm³/mol. The lowest BCUT2D eigenvalue weighted by molar-refractivity contribution is 0.0875. The molecule has 0 saturated heterocycles. The molecule has 12 heavy (non-hydrogen) atoms. The van der Waals surface area contributed by atoms with E-state index < -0.39 is 0 Å². The summed E-state index contributed by atoms with van der Waals surface area (Å²) in [6.07, 6.45) is 0. The van der Waals surface area contributed by atoms with Crippen LogP contribution in [0.2, 0.25) is 0 Å². The van der Waals surface area contributed by atoms with E-state index in [1.165, 1.54) is 0 Å². The van der Waals surface area contributed by atoms with Gasteiger partial charge < -0.3 is 4.90 Å². The third-order valence-corrected chi connectivity index (χ3v) is 2.18. The number of fused-ring (bicyclic) bond motifs is 1. The molecule has 1 aliphatic heterocycles. The Kier molecular flexibility index (Phi) is 1.30. The topological polar surface area (TPSA) is 20.3 Å². The van der Waals surface area contributed by atoms with E-state index in [9.17, 15) is 4.79 Å². The molecule has 2 nitrogen and oxygen atoms in total. The molecule has 1 heterocycles. The number of carbonyl (C=O) groups is 1. The highest BCUT2D eigenvalue weighted by Gasteiger charge is 2.26. The summed E-state index contributed by atoms with van der Waals surface area (Å²) in [6.45, 7) is 3.83. The highest BCUT2D eigenvalue weighted by atomic mass is 16.2. The molecular formula is C10H9NO. The molecule has 1 amide bonds. The molecule has 1 aliphatic rings. The summed E-state index contributed by atoms with van der Waals surface area (Å²) in [6, 6.07) is 7.52. The summed E-state index contributed by atoms with van der Waals surface area (Å²) >= 11 is 0. The molecule has 1 aromatic rings. The zero-order valence-electron chi connectivity index (χ0n) is 6.87. The molecule has 60 valence electrons. The van der Waals surface area contributed by atoms with Crippen LogP contribution in [-0.4, -0.2) is 17.9 Å². The van der Waals surface area contributed by atoms with Gasteiger partial charge in [0.1, 0.15) is 0 Å². The minimum absolute atomic E-state index is 0.0376. The van der Waals surface area contributed by atoms with Crippen LogP contribution < -0.4 is 0 Å².